The van der Waals surface area contributed by atoms with Gasteiger partial charge in [0, 0.05) is 17.1 Å². The molecule has 0 radical (unpaired) electrons. The molecule has 0 fully saturated rings. The second kappa shape index (κ2) is 11.9. The Bertz CT molecular complexity index is 64.3. The van der Waals surface area contributed by atoms with Gasteiger partial charge in [0.15, 0.2) is 0 Å². The van der Waals surface area contributed by atoms with Crippen molar-refractivity contribution in [1.82, 2.24) is 0 Å². The van der Waals surface area contributed by atoms with Crippen LogP contribution in [0.3, 0.4) is 0 Å². The maximum absolute atomic E-state index is 9.71. The Hall–Kier alpha value is 0.189. The molecule has 0 heterocycles. The van der Waals surface area contributed by atoms with Gasteiger partial charge in [0.05, 0.1) is 0 Å². The molecule has 0 aliphatic heterocycles. The largest absolute Gasteiger partial charge is 0.542 e. The molecule has 0 aromatic carbocycles. The van der Waals surface area contributed by atoms with Crippen LogP contribution in [0.15, 0.2) is 0 Å². The van der Waals surface area contributed by atoms with Crippen molar-refractivity contribution in [2.45, 2.75) is 45.4 Å². The van der Waals surface area contributed by atoms with Crippen molar-refractivity contribution in [3.63, 3.8) is 0 Å². The first-order chi connectivity index (χ1) is 4.41. The van der Waals surface area contributed by atoms with Crippen LogP contribution >= 0.6 is 0 Å². The minimum absolute atomic E-state index is 0. The molecule has 2 heteroatoms. The van der Waals surface area contributed by atoms with E-state index in [1.807, 2.05) is 6.29 Å². The number of rotatable bonds is 6. The van der Waals surface area contributed by atoms with Gasteiger partial charge in [-0.3, -0.25) is 6.29 Å². The summed E-state index contributed by atoms with van der Waals surface area (Å²) in [5.74, 6) is 0. The maximum Gasteiger partial charge on any atom is 0 e. The molecule has 0 bridgehead atoms. The Balaban J connectivity index is 0. The second-order valence-corrected chi connectivity index (χ2v) is 2.31. The van der Waals surface area contributed by atoms with Crippen molar-refractivity contribution in [2.75, 3.05) is 0 Å². The summed E-state index contributed by atoms with van der Waals surface area (Å²) in [6.07, 6.45) is 8.60. The monoisotopic (exact) mass is 183 g/mol. The minimum Gasteiger partial charge on any atom is -0.542 e. The van der Waals surface area contributed by atoms with E-state index in [1.165, 1.54) is 25.7 Å². The van der Waals surface area contributed by atoms with Crippen molar-refractivity contribution in [2.24, 2.45) is 0 Å². The van der Waals surface area contributed by atoms with Crippen LogP contribution in [0.1, 0.15) is 45.4 Å². The summed E-state index contributed by atoms with van der Waals surface area (Å²) in [5, 5.41) is 0. The zero-order valence-electron chi connectivity index (χ0n) is 6.50. The molecule has 0 amide bonds. The zero-order valence-corrected chi connectivity index (χ0v) is 7.61. The van der Waals surface area contributed by atoms with E-state index >= 15 is 0 Å². The molecule has 0 rings (SSSR count). The normalized spacial score (nSPS) is 8.50. The molecular formula is C8H15FeO-. The van der Waals surface area contributed by atoms with E-state index in [9.17, 15) is 4.79 Å². The average molecular weight is 183 g/mol. The van der Waals surface area contributed by atoms with Gasteiger partial charge < -0.3 is 4.79 Å². The van der Waals surface area contributed by atoms with E-state index < -0.39 is 0 Å². The van der Waals surface area contributed by atoms with Crippen LogP contribution in [-0.2, 0) is 21.9 Å². The van der Waals surface area contributed by atoms with Crippen molar-refractivity contribution in [1.29, 1.82) is 0 Å². The second-order valence-electron chi connectivity index (χ2n) is 2.31. The van der Waals surface area contributed by atoms with Crippen LogP contribution < -0.4 is 0 Å². The van der Waals surface area contributed by atoms with Gasteiger partial charge in [0.1, 0.15) is 0 Å². The van der Waals surface area contributed by atoms with E-state index in [1.54, 1.807) is 0 Å². The number of carbonyl (C=O) groups excluding carboxylic acids is 1. The van der Waals surface area contributed by atoms with Crippen molar-refractivity contribution in [3.05, 3.63) is 0 Å². The molecule has 0 saturated heterocycles. The summed E-state index contributed by atoms with van der Waals surface area (Å²) in [4.78, 5) is 9.71. The average Bonchev–Trinajstić information content (AvgIpc) is 1.89. The van der Waals surface area contributed by atoms with Gasteiger partial charge in [0.2, 0.25) is 0 Å². The van der Waals surface area contributed by atoms with Gasteiger partial charge in [-0.1, -0.05) is 39.0 Å². The fraction of sp³-hybridized carbons (Fsp3) is 0.875. The first-order valence-corrected chi connectivity index (χ1v) is 3.76. The van der Waals surface area contributed by atoms with Crippen LogP contribution in [-0.4, -0.2) is 6.29 Å². The Morgan fingerprint density at radius 1 is 1.10 bits per heavy atom. The molecule has 0 spiro atoms. The molecule has 62 valence electrons. The van der Waals surface area contributed by atoms with E-state index in [0.29, 0.717) is 6.42 Å². The smallest absolute Gasteiger partial charge is 0 e. The SMILES string of the molecule is CCCCCCC[C-]=O.[Fe]. The standard InChI is InChI=1S/C8H15O.Fe/c1-2-3-4-5-6-7-8-9;/h2-7H2,1H3;/q-1;. The molecule has 0 saturated carbocycles. The molecule has 0 aromatic heterocycles. The minimum atomic E-state index is 0. The summed E-state index contributed by atoms with van der Waals surface area (Å²) in [7, 11) is 0. The third-order valence-corrected chi connectivity index (χ3v) is 1.38. The Labute approximate surface area is 74.1 Å². The van der Waals surface area contributed by atoms with Crippen LogP contribution in [0.5, 0.6) is 0 Å². The van der Waals surface area contributed by atoms with E-state index in [-0.39, 0.29) is 17.1 Å². The van der Waals surface area contributed by atoms with Crippen LogP contribution in [0.2, 0.25) is 0 Å². The predicted molar refractivity (Wildman–Crippen MR) is 39.1 cm³/mol. The molecule has 0 N–H and O–H groups in total. The van der Waals surface area contributed by atoms with Crippen LogP contribution in [0.25, 0.3) is 0 Å². The Morgan fingerprint density at radius 2 is 1.70 bits per heavy atom. The molecule has 0 aliphatic carbocycles. The number of hydrogen-bond acceptors (Lipinski definition) is 1. The van der Waals surface area contributed by atoms with E-state index in [2.05, 4.69) is 6.92 Å². The molecule has 0 aromatic rings. The molecule has 0 atom stereocenters. The predicted octanol–water partition coefficient (Wildman–Crippen LogP) is 2.45. The fourth-order valence-electron chi connectivity index (χ4n) is 0.801. The third kappa shape index (κ3) is 11.0. The quantitative estimate of drug-likeness (QED) is 0.351. The van der Waals surface area contributed by atoms with E-state index in [4.69, 9.17) is 0 Å². The summed E-state index contributed by atoms with van der Waals surface area (Å²) in [6.45, 7) is 2.19. The molecule has 0 aliphatic rings. The Morgan fingerprint density at radius 3 is 2.20 bits per heavy atom. The first-order valence-electron chi connectivity index (χ1n) is 3.76. The van der Waals surface area contributed by atoms with Crippen molar-refractivity contribution in [3.8, 4) is 0 Å². The summed E-state index contributed by atoms with van der Waals surface area (Å²) in [5.41, 5.74) is 0. The molecule has 1 nitrogen and oxygen atoms in total. The summed E-state index contributed by atoms with van der Waals surface area (Å²) >= 11 is 0. The third-order valence-electron chi connectivity index (χ3n) is 1.38. The topological polar surface area (TPSA) is 17.1 Å². The van der Waals surface area contributed by atoms with Gasteiger partial charge in [-0.25, -0.2) is 0 Å². The number of unbranched alkanes of at least 4 members (excludes halogenated alkanes) is 5. The Kier molecular flexibility index (Phi) is 15.3. The zero-order chi connectivity index (χ0) is 6.95. The van der Waals surface area contributed by atoms with E-state index in [0.717, 1.165) is 6.42 Å². The summed E-state index contributed by atoms with van der Waals surface area (Å²) < 4.78 is 0. The van der Waals surface area contributed by atoms with Crippen molar-refractivity contribution >= 4 is 6.29 Å². The van der Waals surface area contributed by atoms with Gasteiger partial charge in [0.25, 0.3) is 0 Å². The fourth-order valence-corrected chi connectivity index (χ4v) is 0.801. The molecule has 10 heavy (non-hydrogen) atoms. The van der Waals surface area contributed by atoms with Gasteiger partial charge in [-0.2, -0.15) is 6.42 Å². The van der Waals surface area contributed by atoms with Gasteiger partial charge >= 0.3 is 0 Å². The van der Waals surface area contributed by atoms with Crippen LogP contribution in [0.4, 0.5) is 0 Å². The number of hydrogen-bond donors (Lipinski definition) is 0. The van der Waals surface area contributed by atoms with Crippen LogP contribution in [0, 0.1) is 0 Å². The summed E-state index contributed by atoms with van der Waals surface area (Å²) in [6, 6.07) is 0. The first kappa shape index (κ1) is 12.8. The molecular weight excluding hydrogens is 168 g/mol. The molecule has 0 unspecified atom stereocenters. The van der Waals surface area contributed by atoms with Gasteiger partial charge in [-0.05, 0) is 0 Å². The van der Waals surface area contributed by atoms with Gasteiger partial charge in [-0.15, -0.1) is 0 Å². The maximum atomic E-state index is 9.71. The van der Waals surface area contributed by atoms with Crippen molar-refractivity contribution < 1.29 is 21.9 Å².